The van der Waals surface area contributed by atoms with Crippen molar-refractivity contribution in [2.24, 2.45) is 5.11 Å². The monoisotopic (exact) mass is 219 g/mol. The molecule has 4 nitrogen and oxygen atoms in total. The Bertz CT molecular complexity index is 470. The molecule has 1 rings (SSSR count). The molecule has 0 atom stereocenters. The summed E-state index contributed by atoms with van der Waals surface area (Å²) in [6.45, 7) is -0.0301. The van der Waals surface area contributed by atoms with E-state index < -0.39 is 5.82 Å². The van der Waals surface area contributed by atoms with Gasteiger partial charge in [-0.05, 0) is 23.7 Å². The summed E-state index contributed by atoms with van der Waals surface area (Å²) < 4.78 is 13.0. The van der Waals surface area contributed by atoms with Crippen molar-refractivity contribution in [1.29, 1.82) is 0 Å². The highest BCUT2D eigenvalue weighted by atomic mass is 19.1. The average molecular weight is 219 g/mol. The lowest BCUT2D eigenvalue weighted by Crippen LogP contribution is -1.90. The van der Waals surface area contributed by atoms with Gasteiger partial charge in [0.1, 0.15) is 5.82 Å². The second-order valence-corrected chi connectivity index (χ2v) is 2.97. The molecule has 1 aromatic rings. The molecule has 16 heavy (non-hydrogen) atoms. The number of aliphatic hydroxyl groups is 1. The Morgan fingerprint density at radius 1 is 1.50 bits per heavy atom. The Morgan fingerprint density at radius 2 is 2.31 bits per heavy atom. The molecule has 0 aromatic heterocycles. The number of nitrogens with zero attached hydrogens (tertiary/aromatic N) is 3. The average Bonchev–Trinajstić information content (AvgIpc) is 2.31. The predicted octanol–water partition coefficient (Wildman–Crippen LogP) is 2.37. The van der Waals surface area contributed by atoms with E-state index in [0.717, 1.165) is 0 Å². The van der Waals surface area contributed by atoms with Crippen LogP contribution < -0.4 is 0 Å². The molecule has 0 heterocycles. The molecule has 0 aliphatic rings. The summed E-state index contributed by atoms with van der Waals surface area (Å²) in [6.07, 6.45) is 0.454. The lowest BCUT2D eigenvalue weighted by molar-refractivity contribution is 0.275. The topological polar surface area (TPSA) is 69.0 Å². The number of halogens is 1. The second kappa shape index (κ2) is 6.46. The number of hydrogen-bond donors (Lipinski definition) is 1. The van der Waals surface area contributed by atoms with Gasteiger partial charge in [-0.1, -0.05) is 17.0 Å². The third kappa shape index (κ3) is 3.62. The minimum atomic E-state index is -0.442. The van der Waals surface area contributed by atoms with Gasteiger partial charge in [-0.25, -0.2) is 4.39 Å². The Hall–Kier alpha value is -2.02. The van der Waals surface area contributed by atoms with Crippen LogP contribution in [0.5, 0.6) is 0 Å². The van der Waals surface area contributed by atoms with Gasteiger partial charge < -0.3 is 5.11 Å². The molecule has 5 heteroatoms. The largest absolute Gasteiger partial charge is 0.392 e. The second-order valence-electron chi connectivity index (χ2n) is 2.97. The fourth-order valence-corrected chi connectivity index (χ4v) is 1.09. The molecule has 0 spiro atoms. The zero-order chi connectivity index (χ0) is 11.8. The summed E-state index contributed by atoms with van der Waals surface area (Å²) >= 11 is 0. The van der Waals surface area contributed by atoms with E-state index >= 15 is 0 Å². The summed E-state index contributed by atoms with van der Waals surface area (Å²) in [4.78, 5) is 2.59. The molecular formula is C11H10FN3O. The molecule has 0 bridgehead atoms. The maximum Gasteiger partial charge on any atom is 0.128 e. The van der Waals surface area contributed by atoms with Crippen molar-refractivity contribution >= 4 is 0 Å². The van der Waals surface area contributed by atoms with Crippen LogP contribution in [0.15, 0.2) is 23.3 Å². The first-order valence-corrected chi connectivity index (χ1v) is 4.67. The predicted molar refractivity (Wildman–Crippen MR) is 57.8 cm³/mol. The molecule has 0 amide bonds. The first kappa shape index (κ1) is 12.1. The first-order chi connectivity index (χ1) is 7.77. The van der Waals surface area contributed by atoms with Crippen LogP contribution in [0.4, 0.5) is 4.39 Å². The number of hydrogen-bond acceptors (Lipinski definition) is 2. The molecule has 82 valence electrons. The molecule has 1 aromatic carbocycles. The molecule has 0 aliphatic heterocycles. The molecule has 1 N–H and O–H groups in total. The first-order valence-electron chi connectivity index (χ1n) is 4.67. The van der Waals surface area contributed by atoms with Gasteiger partial charge in [0.25, 0.3) is 0 Å². The molecule has 0 radical (unpaired) electrons. The van der Waals surface area contributed by atoms with Crippen LogP contribution in [0.3, 0.4) is 0 Å². The molecule has 0 unspecified atom stereocenters. The van der Waals surface area contributed by atoms with Gasteiger partial charge in [0, 0.05) is 29.0 Å². The summed E-state index contributed by atoms with van der Waals surface area (Å²) in [6, 6.07) is 4.30. The Morgan fingerprint density at radius 3 is 3.00 bits per heavy atom. The van der Waals surface area contributed by atoms with Gasteiger partial charge in [-0.15, -0.1) is 0 Å². The minimum absolute atomic E-state index is 0.224. The molecule has 0 fully saturated rings. The highest BCUT2D eigenvalue weighted by Gasteiger charge is 2.00. The van der Waals surface area contributed by atoms with Crippen LogP contribution in [-0.4, -0.2) is 11.7 Å². The van der Waals surface area contributed by atoms with Crippen molar-refractivity contribution in [1.82, 2.24) is 0 Å². The van der Waals surface area contributed by atoms with Gasteiger partial charge in [0.15, 0.2) is 0 Å². The van der Waals surface area contributed by atoms with Crippen LogP contribution in [0, 0.1) is 17.7 Å². The van der Waals surface area contributed by atoms with E-state index in [4.69, 9.17) is 10.6 Å². The van der Waals surface area contributed by atoms with Crippen LogP contribution in [0.1, 0.15) is 17.5 Å². The fourth-order valence-electron chi connectivity index (χ4n) is 1.09. The number of aliphatic hydroxyl groups excluding tert-OH is 1. The van der Waals surface area contributed by atoms with Crippen molar-refractivity contribution in [3.8, 4) is 11.8 Å². The minimum Gasteiger partial charge on any atom is -0.392 e. The lowest BCUT2D eigenvalue weighted by atomic mass is 10.1. The molecule has 0 saturated heterocycles. The van der Waals surface area contributed by atoms with E-state index in [1.54, 1.807) is 0 Å². The smallest absolute Gasteiger partial charge is 0.128 e. The van der Waals surface area contributed by atoms with Gasteiger partial charge >= 0.3 is 0 Å². The van der Waals surface area contributed by atoms with E-state index in [-0.39, 0.29) is 12.2 Å². The zero-order valence-electron chi connectivity index (χ0n) is 8.52. The lowest BCUT2D eigenvalue weighted by Gasteiger charge is -1.98. The SMILES string of the molecule is [N-]=[N+]=NCCC#Cc1ccc(F)c(CO)c1. The normalized spacial score (nSPS) is 8.88. The Kier molecular flexibility index (Phi) is 4.87. The van der Waals surface area contributed by atoms with Crippen LogP contribution in [-0.2, 0) is 6.61 Å². The maximum atomic E-state index is 13.0. The van der Waals surface area contributed by atoms with Crippen molar-refractivity contribution < 1.29 is 9.50 Å². The quantitative estimate of drug-likeness (QED) is 0.274. The summed E-state index contributed by atoms with van der Waals surface area (Å²) in [5.74, 6) is 5.14. The summed E-state index contributed by atoms with van der Waals surface area (Å²) in [5, 5.41) is 12.2. The third-order valence-corrected chi connectivity index (χ3v) is 1.85. The van der Waals surface area contributed by atoms with Crippen LogP contribution in [0.25, 0.3) is 10.4 Å². The van der Waals surface area contributed by atoms with Crippen LogP contribution in [0.2, 0.25) is 0 Å². The van der Waals surface area contributed by atoms with Crippen LogP contribution >= 0.6 is 0 Å². The summed E-state index contributed by atoms with van der Waals surface area (Å²) in [5.41, 5.74) is 8.88. The van der Waals surface area contributed by atoms with E-state index in [1.165, 1.54) is 18.2 Å². The van der Waals surface area contributed by atoms with Crippen molar-refractivity contribution in [3.05, 3.63) is 45.6 Å². The van der Waals surface area contributed by atoms with Gasteiger partial charge in [-0.2, -0.15) is 0 Å². The number of benzene rings is 1. The van der Waals surface area contributed by atoms with Gasteiger partial charge in [0.2, 0.25) is 0 Å². The van der Waals surface area contributed by atoms with Crippen molar-refractivity contribution in [3.63, 3.8) is 0 Å². The third-order valence-electron chi connectivity index (χ3n) is 1.85. The molecule has 0 saturated carbocycles. The number of azide groups is 1. The van der Waals surface area contributed by atoms with E-state index in [0.29, 0.717) is 18.5 Å². The summed E-state index contributed by atoms with van der Waals surface area (Å²) in [7, 11) is 0. The molecule has 0 aliphatic carbocycles. The number of rotatable bonds is 3. The Balaban J connectivity index is 2.70. The van der Waals surface area contributed by atoms with E-state index in [9.17, 15) is 4.39 Å². The van der Waals surface area contributed by atoms with Crippen molar-refractivity contribution in [2.75, 3.05) is 6.54 Å². The van der Waals surface area contributed by atoms with E-state index in [1.807, 2.05) is 0 Å². The zero-order valence-corrected chi connectivity index (χ0v) is 8.52. The highest BCUT2D eigenvalue weighted by molar-refractivity contribution is 5.37. The Labute approximate surface area is 92.3 Å². The van der Waals surface area contributed by atoms with E-state index in [2.05, 4.69) is 21.9 Å². The molecular weight excluding hydrogens is 209 g/mol. The van der Waals surface area contributed by atoms with Gasteiger partial charge in [-0.3, -0.25) is 0 Å². The standard InChI is InChI=1S/C11H10FN3O/c12-11-5-4-9(7-10(11)8-16)3-1-2-6-14-15-13/h4-5,7,16H,2,6,8H2. The highest BCUT2D eigenvalue weighted by Crippen LogP contribution is 2.09. The van der Waals surface area contributed by atoms with Crippen molar-refractivity contribution in [2.45, 2.75) is 13.0 Å². The fraction of sp³-hybridized carbons (Fsp3) is 0.273. The van der Waals surface area contributed by atoms with Gasteiger partial charge in [0.05, 0.1) is 6.61 Å². The maximum absolute atomic E-state index is 13.0.